The number of benzene rings is 2. The highest BCUT2D eigenvalue weighted by molar-refractivity contribution is 6.30. The molecule has 2 rings (SSSR count). The summed E-state index contributed by atoms with van der Waals surface area (Å²) in [6, 6.07) is 16.1. The van der Waals surface area contributed by atoms with Crippen molar-refractivity contribution in [1.82, 2.24) is 0 Å². The molecule has 0 aliphatic heterocycles. The lowest BCUT2D eigenvalue weighted by molar-refractivity contribution is -0.120. The highest BCUT2D eigenvalue weighted by Crippen LogP contribution is 2.21. The van der Waals surface area contributed by atoms with Crippen molar-refractivity contribution in [2.24, 2.45) is 0 Å². The van der Waals surface area contributed by atoms with Crippen LogP contribution in [-0.2, 0) is 4.79 Å². The molecule has 0 atom stereocenters. The van der Waals surface area contributed by atoms with E-state index in [-0.39, 0.29) is 18.9 Å². The zero-order chi connectivity index (χ0) is 18.1. The Morgan fingerprint density at radius 1 is 1.16 bits per heavy atom. The van der Waals surface area contributed by atoms with E-state index in [1.165, 1.54) is 4.90 Å². The fourth-order valence-corrected chi connectivity index (χ4v) is 2.41. The Kier molecular flexibility index (Phi) is 7.12. The molecule has 0 fully saturated rings. The fourth-order valence-electron chi connectivity index (χ4n) is 2.23. The number of carbonyl (C=O) groups is 1. The molecule has 0 aliphatic rings. The second kappa shape index (κ2) is 9.55. The zero-order valence-corrected chi connectivity index (χ0v) is 14.7. The lowest BCUT2D eigenvalue weighted by atomic mass is 10.2. The van der Waals surface area contributed by atoms with Crippen molar-refractivity contribution in [2.45, 2.75) is 13.3 Å². The maximum atomic E-state index is 12.5. The summed E-state index contributed by atoms with van der Waals surface area (Å²) in [6.45, 7) is 2.63. The van der Waals surface area contributed by atoms with Gasteiger partial charge in [-0.15, -0.1) is 0 Å². The molecule has 130 valence electrons. The van der Waals surface area contributed by atoms with E-state index in [2.05, 4.69) is 6.07 Å². The van der Waals surface area contributed by atoms with E-state index >= 15 is 0 Å². The zero-order valence-electron chi connectivity index (χ0n) is 13.9. The maximum absolute atomic E-state index is 12.5. The normalized spacial score (nSPS) is 9.96. The van der Waals surface area contributed by atoms with E-state index in [4.69, 9.17) is 26.3 Å². The summed E-state index contributed by atoms with van der Waals surface area (Å²) in [5.74, 6) is 1.02. The first-order chi connectivity index (χ1) is 12.1. The quantitative estimate of drug-likeness (QED) is 0.713. The number of nitriles is 1. The number of hydrogen-bond acceptors (Lipinski definition) is 4. The molecule has 0 unspecified atom stereocenters. The van der Waals surface area contributed by atoms with E-state index in [9.17, 15) is 4.79 Å². The summed E-state index contributed by atoms with van der Waals surface area (Å²) in [4.78, 5) is 14.1. The van der Waals surface area contributed by atoms with Crippen molar-refractivity contribution in [3.8, 4) is 17.6 Å². The molecule has 0 saturated heterocycles. The van der Waals surface area contributed by atoms with Gasteiger partial charge in [0, 0.05) is 17.3 Å². The summed E-state index contributed by atoms with van der Waals surface area (Å²) in [5, 5.41) is 9.38. The number of amides is 1. The fraction of sp³-hybridized carbons (Fsp3) is 0.263. The number of ether oxygens (including phenoxy) is 2. The molecule has 5 nitrogen and oxygen atoms in total. The van der Waals surface area contributed by atoms with E-state index < -0.39 is 0 Å². The van der Waals surface area contributed by atoms with Crippen LogP contribution in [0.1, 0.15) is 13.3 Å². The van der Waals surface area contributed by atoms with Crippen LogP contribution in [0, 0.1) is 11.3 Å². The Labute approximate surface area is 152 Å². The first kappa shape index (κ1) is 18.6. The van der Waals surface area contributed by atoms with Crippen LogP contribution in [0.5, 0.6) is 11.5 Å². The van der Waals surface area contributed by atoms with Gasteiger partial charge < -0.3 is 14.4 Å². The Morgan fingerprint density at radius 3 is 2.56 bits per heavy atom. The third-order valence-corrected chi connectivity index (χ3v) is 3.60. The van der Waals surface area contributed by atoms with E-state index in [0.29, 0.717) is 29.6 Å². The Bertz CT molecular complexity index is 741. The monoisotopic (exact) mass is 358 g/mol. The second-order valence-corrected chi connectivity index (χ2v) is 5.56. The summed E-state index contributed by atoms with van der Waals surface area (Å²) in [5.41, 5.74) is 0.693. The molecule has 0 aromatic heterocycles. The molecule has 2 aromatic rings. The minimum absolute atomic E-state index is 0.140. The van der Waals surface area contributed by atoms with Crippen molar-refractivity contribution in [3.63, 3.8) is 0 Å². The SMILES string of the molecule is CCOc1ccc(N(CCC#N)C(=O)COc2cccc(Cl)c2)cc1. The third kappa shape index (κ3) is 5.70. The largest absolute Gasteiger partial charge is 0.494 e. The van der Waals surface area contributed by atoms with Gasteiger partial charge >= 0.3 is 0 Å². The highest BCUT2D eigenvalue weighted by atomic mass is 35.5. The lowest BCUT2D eigenvalue weighted by Gasteiger charge is -2.22. The van der Waals surface area contributed by atoms with E-state index in [1.54, 1.807) is 48.5 Å². The van der Waals surface area contributed by atoms with Crippen molar-refractivity contribution < 1.29 is 14.3 Å². The van der Waals surface area contributed by atoms with Crippen LogP contribution in [0.2, 0.25) is 5.02 Å². The van der Waals surface area contributed by atoms with Gasteiger partial charge in [0.1, 0.15) is 11.5 Å². The first-order valence-corrected chi connectivity index (χ1v) is 8.30. The molecule has 1 amide bonds. The standard InChI is InChI=1S/C19H19ClN2O3/c1-2-24-17-9-7-16(8-10-17)22(12-4-11-21)19(23)14-25-18-6-3-5-15(20)13-18/h3,5-10,13H,2,4,12,14H2,1H3. The van der Waals surface area contributed by atoms with E-state index in [1.807, 2.05) is 6.92 Å². The first-order valence-electron chi connectivity index (χ1n) is 7.92. The molecule has 0 spiro atoms. The molecule has 0 N–H and O–H groups in total. The van der Waals surface area contributed by atoms with Crippen LogP contribution in [0.25, 0.3) is 0 Å². The Hall–Kier alpha value is -2.71. The van der Waals surface area contributed by atoms with Crippen LogP contribution in [0.4, 0.5) is 5.69 Å². The van der Waals surface area contributed by atoms with Crippen LogP contribution in [0.3, 0.4) is 0 Å². The molecule has 0 aliphatic carbocycles. The topological polar surface area (TPSA) is 62.6 Å². The van der Waals surface area contributed by atoms with Gasteiger partial charge in [-0.05, 0) is 49.4 Å². The van der Waals surface area contributed by atoms with Gasteiger partial charge in [-0.25, -0.2) is 0 Å². The molecular formula is C19H19ClN2O3. The van der Waals surface area contributed by atoms with Gasteiger partial charge in [-0.1, -0.05) is 17.7 Å². The molecule has 2 aromatic carbocycles. The number of hydrogen-bond donors (Lipinski definition) is 0. The van der Waals surface area contributed by atoms with Crippen molar-refractivity contribution in [2.75, 3.05) is 24.7 Å². The maximum Gasteiger partial charge on any atom is 0.264 e. The molecule has 0 radical (unpaired) electrons. The molecule has 0 heterocycles. The molecule has 0 bridgehead atoms. The number of nitrogens with zero attached hydrogens (tertiary/aromatic N) is 2. The molecular weight excluding hydrogens is 340 g/mol. The summed E-state index contributed by atoms with van der Waals surface area (Å²) >= 11 is 5.90. The van der Waals surface area contributed by atoms with Crippen LogP contribution in [0.15, 0.2) is 48.5 Å². The van der Waals surface area contributed by atoms with Gasteiger partial charge in [0.05, 0.1) is 19.1 Å². The number of halogens is 1. The van der Waals surface area contributed by atoms with Crippen molar-refractivity contribution >= 4 is 23.2 Å². The molecule has 0 saturated carbocycles. The van der Waals surface area contributed by atoms with Gasteiger partial charge in [-0.3, -0.25) is 4.79 Å². The van der Waals surface area contributed by atoms with Gasteiger partial charge in [0.15, 0.2) is 6.61 Å². The minimum Gasteiger partial charge on any atom is -0.494 e. The van der Waals surface area contributed by atoms with Gasteiger partial charge in [0.25, 0.3) is 5.91 Å². The Morgan fingerprint density at radius 2 is 1.92 bits per heavy atom. The average molecular weight is 359 g/mol. The summed E-state index contributed by atoms with van der Waals surface area (Å²) in [6.07, 6.45) is 0.232. The Balaban J connectivity index is 2.07. The molecule has 6 heteroatoms. The predicted molar refractivity (Wildman–Crippen MR) is 97.1 cm³/mol. The van der Waals surface area contributed by atoms with E-state index in [0.717, 1.165) is 5.75 Å². The smallest absolute Gasteiger partial charge is 0.264 e. The van der Waals surface area contributed by atoms with Crippen LogP contribution in [-0.4, -0.2) is 25.7 Å². The third-order valence-electron chi connectivity index (χ3n) is 3.37. The van der Waals surface area contributed by atoms with Crippen LogP contribution < -0.4 is 14.4 Å². The lowest BCUT2D eigenvalue weighted by Crippen LogP contribution is -2.35. The highest BCUT2D eigenvalue weighted by Gasteiger charge is 2.16. The predicted octanol–water partition coefficient (Wildman–Crippen LogP) is 4.06. The number of anilines is 1. The van der Waals surface area contributed by atoms with Crippen LogP contribution >= 0.6 is 11.6 Å². The molecule has 25 heavy (non-hydrogen) atoms. The van der Waals surface area contributed by atoms with Crippen molar-refractivity contribution in [3.05, 3.63) is 53.6 Å². The van der Waals surface area contributed by atoms with Crippen molar-refractivity contribution in [1.29, 1.82) is 5.26 Å². The summed E-state index contributed by atoms with van der Waals surface area (Å²) < 4.78 is 10.9. The number of rotatable bonds is 8. The van der Waals surface area contributed by atoms with Gasteiger partial charge in [0.2, 0.25) is 0 Å². The average Bonchev–Trinajstić information content (AvgIpc) is 2.62. The second-order valence-electron chi connectivity index (χ2n) is 5.13. The van der Waals surface area contributed by atoms with Gasteiger partial charge in [-0.2, -0.15) is 5.26 Å². The number of carbonyl (C=O) groups excluding carboxylic acids is 1. The minimum atomic E-state index is -0.237. The summed E-state index contributed by atoms with van der Waals surface area (Å²) in [7, 11) is 0.